The minimum Gasteiger partial charge on any atom is -0.339 e. The molecule has 0 spiro atoms. The van der Waals surface area contributed by atoms with E-state index in [1.807, 2.05) is 40.7 Å². The van der Waals surface area contributed by atoms with Crippen molar-refractivity contribution >= 4 is 28.3 Å². The number of amides is 1. The molecule has 1 fully saturated rings. The average Bonchev–Trinajstić information content (AvgIpc) is 2.55. The zero-order valence-corrected chi connectivity index (χ0v) is 17.8. The molecular formula is C18H30ClN3O3S. The van der Waals surface area contributed by atoms with Gasteiger partial charge in [-0.15, -0.1) is 12.4 Å². The molecular weight excluding hydrogens is 374 g/mol. The summed E-state index contributed by atoms with van der Waals surface area (Å²) in [6, 6.07) is 4.59. The number of hydrogen-bond donors (Lipinski definition) is 1. The third-order valence-electron chi connectivity index (χ3n) is 4.87. The van der Waals surface area contributed by atoms with Gasteiger partial charge in [0.05, 0.1) is 10.9 Å². The molecule has 1 aliphatic rings. The number of hydrogen-bond acceptors (Lipinski definition) is 4. The zero-order chi connectivity index (χ0) is 19.0. The van der Waals surface area contributed by atoms with E-state index in [-0.39, 0.29) is 36.8 Å². The van der Waals surface area contributed by atoms with Crippen LogP contribution in [0.15, 0.2) is 23.1 Å². The molecule has 6 nitrogen and oxygen atoms in total. The first-order valence-corrected chi connectivity index (χ1v) is 10.0. The van der Waals surface area contributed by atoms with Crippen molar-refractivity contribution in [1.29, 1.82) is 0 Å². The quantitative estimate of drug-likeness (QED) is 0.835. The smallest absolute Gasteiger partial charge is 0.243 e. The summed E-state index contributed by atoms with van der Waals surface area (Å²) in [5, 5.41) is 0. The van der Waals surface area contributed by atoms with Crippen LogP contribution in [0.25, 0.3) is 0 Å². The van der Waals surface area contributed by atoms with Gasteiger partial charge in [-0.1, -0.05) is 26.8 Å². The van der Waals surface area contributed by atoms with Gasteiger partial charge in [0, 0.05) is 26.2 Å². The van der Waals surface area contributed by atoms with Crippen molar-refractivity contribution in [2.45, 2.75) is 45.6 Å². The van der Waals surface area contributed by atoms with Crippen LogP contribution in [0.3, 0.4) is 0 Å². The monoisotopic (exact) mass is 403 g/mol. The van der Waals surface area contributed by atoms with Crippen LogP contribution in [0.4, 0.5) is 0 Å². The summed E-state index contributed by atoms with van der Waals surface area (Å²) in [6.45, 7) is 10.9. The van der Waals surface area contributed by atoms with Crippen molar-refractivity contribution in [2.75, 3.05) is 26.2 Å². The number of carbonyl (C=O) groups is 1. The number of aryl methyl sites for hydroxylation is 2. The van der Waals surface area contributed by atoms with Crippen LogP contribution < -0.4 is 5.73 Å². The number of carbonyl (C=O) groups excluding carboxylic acids is 1. The summed E-state index contributed by atoms with van der Waals surface area (Å²) in [5.74, 6) is -0.115. The largest absolute Gasteiger partial charge is 0.339 e. The fraction of sp³-hybridized carbons (Fsp3) is 0.611. The Morgan fingerprint density at radius 2 is 1.62 bits per heavy atom. The number of sulfonamides is 1. The van der Waals surface area contributed by atoms with E-state index in [4.69, 9.17) is 5.73 Å². The summed E-state index contributed by atoms with van der Waals surface area (Å²) in [5.41, 5.74) is 7.74. The van der Waals surface area contributed by atoms with Gasteiger partial charge in [-0.25, -0.2) is 8.42 Å². The van der Waals surface area contributed by atoms with Gasteiger partial charge < -0.3 is 10.6 Å². The first-order chi connectivity index (χ1) is 11.4. The molecule has 148 valence electrons. The van der Waals surface area contributed by atoms with E-state index < -0.39 is 16.1 Å². The van der Waals surface area contributed by atoms with Crippen molar-refractivity contribution in [3.63, 3.8) is 0 Å². The van der Waals surface area contributed by atoms with E-state index in [1.165, 1.54) is 4.31 Å². The lowest BCUT2D eigenvalue weighted by Crippen LogP contribution is -2.56. The van der Waals surface area contributed by atoms with E-state index in [0.717, 1.165) is 11.1 Å². The highest BCUT2D eigenvalue weighted by Gasteiger charge is 2.35. The Bertz CT molecular complexity index is 751. The molecule has 1 aromatic rings. The van der Waals surface area contributed by atoms with Crippen molar-refractivity contribution in [2.24, 2.45) is 11.1 Å². The molecule has 0 saturated carbocycles. The Kier molecular flexibility index (Phi) is 7.26. The lowest BCUT2D eigenvalue weighted by Gasteiger charge is -2.37. The molecule has 0 aliphatic carbocycles. The average molecular weight is 404 g/mol. The summed E-state index contributed by atoms with van der Waals surface area (Å²) in [7, 11) is -3.53. The molecule has 8 heteroatoms. The minimum atomic E-state index is -3.53. The van der Waals surface area contributed by atoms with Gasteiger partial charge in [0.25, 0.3) is 0 Å². The van der Waals surface area contributed by atoms with Crippen molar-refractivity contribution in [3.8, 4) is 0 Å². The van der Waals surface area contributed by atoms with E-state index >= 15 is 0 Å². The SMILES string of the molecule is Cc1ccc(S(=O)(=O)N2CCN(C(=O)[C@@H](N)C(C)(C)C)CC2)cc1C.Cl. The fourth-order valence-corrected chi connectivity index (χ4v) is 4.25. The fourth-order valence-electron chi connectivity index (χ4n) is 2.74. The third-order valence-corrected chi connectivity index (χ3v) is 6.76. The van der Waals surface area contributed by atoms with Gasteiger partial charge in [0.1, 0.15) is 0 Å². The normalized spacial score (nSPS) is 17.5. The van der Waals surface area contributed by atoms with E-state index in [2.05, 4.69) is 0 Å². The van der Waals surface area contributed by atoms with Crippen LogP contribution >= 0.6 is 12.4 Å². The Hall–Kier alpha value is -1.15. The van der Waals surface area contributed by atoms with Crippen LogP contribution in [0.5, 0.6) is 0 Å². The second kappa shape index (κ2) is 8.25. The third kappa shape index (κ3) is 4.76. The molecule has 1 amide bonds. The van der Waals surface area contributed by atoms with Gasteiger partial charge in [-0.2, -0.15) is 4.31 Å². The van der Waals surface area contributed by atoms with Crippen molar-refractivity contribution < 1.29 is 13.2 Å². The highest BCUT2D eigenvalue weighted by atomic mass is 35.5. The van der Waals surface area contributed by atoms with Crippen LogP contribution in [0.2, 0.25) is 0 Å². The number of piperazine rings is 1. The van der Waals surface area contributed by atoms with Crippen LogP contribution in [-0.4, -0.2) is 55.8 Å². The van der Waals surface area contributed by atoms with Crippen molar-refractivity contribution in [1.82, 2.24) is 9.21 Å². The van der Waals surface area contributed by atoms with Gasteiger partial charge in [0.2, 0.25) is 15.9 Å². The van der Waals surface area contributed by atoms with Crippen LogP contribution in [0.1, 0.15) is 31.9 Å². The Balaban J connectivity index is 0.00000338. The molecule has 0 bridgehead atoms. The minimum absolute atomic E-state index is 0. The highest BCUT2D eigenvalue weighted by Crippen LogP contribution is 2.22. The van der Waals surface area contributed by atoms with Crippen molar-refractivity contribution in [3.05, 3.63) is 29.3 Å². The van der Waals surface area contributed by atoms with Gasteiger partial charge >= 0.3 is 0 Å². The lowest BCUT2D eigenvalue weighted by atomic mass is 9.86. The molecule has 0 unspecified atom stereocenters. The van der Waals surface area contributed by atoms with E-state index in [1.54, 1.807) is 17.0 Å². The maximum atomic E-state index is 12.8. The second-order valence-corrected chi connectivity index (χ2v) is 9.76. The number of nitrogens with two attached hydrogens (primary N) is 1. The Labute approximate surface area is 163 Å². The van der Waals surface area contributed by atoms with Crippen LogP contribution in [-0.2, 0) is 14.8 Å². The highest BCUT2D eigenvalue weighted by molar-refractivity contribution is 7.89. The first-order valence-electron chi connectivity index (χ1n) is 8.56. The number of benzene rings is 1. The lowest BCUT2D eigenvalue weighted by molar-refractivity contribution is -0.136. The topological polar surface area (TPSA) is 83.7 Å². The molecule has 1 heterocycles. The predicted octanol–water partition coefficient (Wildman–Crippen LogP) is 1.93. The number of halogens is 1. The standard InChI is InChI=1S/C18H29N3O3S.ClH/c1-13-6-7-15(12-14(13)2)25(23,24)21-10-8-20(9-11-21)17(22)16(19)18(3,4)5;/h6-7,12,16H,8-11,19H2,1-5H3;1H/t16-;/m1./s1. The molecule has 1 saturated heterocycles. The molecule has 1 atom stereocenters. The molecule has 26 heavy (non-hydrogen) atoms. The summed E-state index contributed by atoms with van der Waals surface area (Å²) >= 11 is 0. The molecule has 2 rings (SSSR count). The predicted molar refractivity (Wildman–Crippen MR) is 106 cm³/mol. The maximum absolute atomic E-state index is 12.8. The Morgan fingerprint density at radius 3 is 2.08 bits per heavy atom. The second-order valence-electron chi connectivity index (χ2n) is 7.82. The molecule has 2 N–H and O–H groups in total. The molecule has 0 aromatic heterocycles. The molecule has 1 aromatic carbocycles. The molecule has 1 aliphatic heterocycles. The van der Waals surface area contributed by atoms with E-state index in [9.17, 15) is 13.2 Å². The zero-order valence-electron chi connectivity index (χ0n) is 16.2. The van der Waals surface area contributed by atoms with E-state index in [0.29, 0.717) is 18.0 Å². The van der Waals surface area contributed by atoms with Gasteiger partial charge in [-0.05, 0) is 42.5 Å². The van der Waals surface area contributed by atoms with Crippen LogP contribution in [0, 0.1) is 19.3 Å². The molecule has 0 radical (unpaired) electrons. The Morgan fingerprint density at radius 1 is 1.08 bits per heavy atom. The van der Waals surface area contributed by atoms with Gasteiger partial charge in [0.15, 0.2) is 0 Å². The maximum Gasteiger partial charge on any atom is 0.243 e. The summed E-state index contributed by atoms with van der Waals surface area (Å²) in [6.07, 6.45) is 0. The summed E-state index contributed by atoms with van der Waals surface area (Å²) in [4.78, 5) is 14.5. The number of rotatable bonds is 3. The number of nitrogens with zero attached hydrogens (tertiary/aromatic N) is 2. The van der Waals surface area contributed by atoms with Gasteiger partial charge in [-0.3, -0.25) is 4.79 Å². The summed E-state index contributed by atoms with van der Waals surface area (Å²) < 4.78 is 27.1. The first kappa shape index (κ1) is 22.9.